The minimum atomic E-state index is -0.869. The summed E-state index contributed by atoms with van der Waals surface area (Å²) in [5.74, 6) is -1.01. The van der Waals surface area contributed by atoms with Crippen molar-refractivity contribution in [1.82, 2.24) is 9.13 Å². The summed E-state index contributed by atoms with van der Waals surface area (Å²) in [5, 5.41) is 0.0362. The molecule has 0 spiro atoms. The molecular weight excluding hydrogens is 1200 g/mol. The fourth-order valence-electron chi connectivity index (χ4n) is 8.68. The monoisotopic (exact) mass is 1260 g/mol. The van der Waals surface area contributed by atoms with Crippen molar-refractivity contribution in [1.29, 1.82) is 0 Å². The molecule has 0 unspecified atom stereocenters. The molecule has 2 heterocycles. The van der Waals surface area contributed by atoms with E-state index in [1.165, 1.54) is 75.5 Å². The molecule has 21 heteroatoms. The van der Waals surface area contributed by atoms with Crippen molar-refractivity contribution in [3.05, 3.63) is 265 Å². The molecular formula is C72H56F2N2O17. The fraction of sp³-hybridized carbons (Fsp3) is 0.111. The van der Waals surface area contributed by atoms with Gasteiger partial charge in [-0.3, -0.25) is 23.7 Å². The Kier molecular flexibility index (Phi) is 19.7. The molecule has 19 nitrogen and oxygen atoms in total. The highest BCUT2D eigenvalue weighted by Crippen LogP contribution is 2.40. The van der Waals surface area contributed by atoms with Crippen molar-refractivity contribution in [3.63, 3.8) is 0 Å². The topological polar surface area (TPSA) is 229 Å². The van der Waals surface area contributed by atoms with Crippen LogP contribution in [-0.2, 0) is 26.2 Å². The lowest BCUT2D eigenvalue weighted by Gasteiger charge is -2.16. The van der Waals surface area contributed by atoms with E-state index in [1.807, 2.05) is 6.92 Å². The van der Waals surface area contributed by atoms with Gasteiger partial charge in [0.15, 0.2) is 28.9 Å². The molecule has 0 bridgehead atoms. The van der Waals surface area contributed by atoms with E-state index in [4.69, 9.17) is 42.6 Å². The average Bonchev–Trinajstić information content (AvgIpc) is 1.59. The molecule has 0 saturated carbocycles. The van der Waals surface area contributed by atoms with Crippen molar-refractivity contribution >= 4 is 45.4 Å². The molecule has 0 N–H and O–H groups in total. The Morgan fingerprint density at radius 2 is 0.753 bits per heavy atom. The molecule has 0 amide bonds. The first-order valence-corrected chi connectivity index (χ1v) is 28.2. The molecule has 8 aromatic carbocycles. The Hall–Kier alpha value is -12.3. The van der Waals surface area contributed by atoms with Crippen LogP contribution in [0.4, 0.5) is 8.78 Å². The molecule has 0 saturated heterocycles. The van der Waals surface area contributed by atoms with Gasteiger partial charge in [-0.05, 0) is 179 Å². The Bertz CT molecular complexity index is 4760. The minimum Gasteiger partial charge on any atom is -0.490 e. The van der Waals surface area contributed by atoms with E-state index in [0.29, 0.717) is 45.6 Å². The van der Waals surface area contributed by atoms with Crippen molar-refractivity contribution in [2.45, 2.75) is 34.6 Å². The van der Waals surface area contributed by atoms with Gasteiger partial charge in [-0.1, -0.05) is 44.5 Å². The molecule has 470 valence electrons. The third-order valence-corrected chi connectivity index (χ3v) is 13.6. The zero-order valence-electron chi connectivity index (χ0n) is 50.8. The van der Waals surface area contributed by atoms with Gasteiger partial charge >= 0.3 is 23.9 Å². The van der Waals surface area contributed by atoms with Crippen LogP contribution in [0.1, 0.15) is 33.3 Å². The van der Waals surface area contributed by atoms with Gasteiger partial charge in [0, 0.05) is 41.5 Å². The number of aromatic nitrogens is 2. The van der Waals surface area contributed by atoms with Crippen LogP contribution in [0.5, 0.6) is 69.0 Å². The Morgan fingerprint density at radius 3 is 1.19 bits per heavy atom. The average molecular weight is 1260 g/mol. The predicted octanol–water partition coefficient (Wildman–Crippen LogP) is 13.1. The summed E-state index contributed by atoms with van der Waals surface area (Å²) in [4.78, 5) is 99.8. The minimum absolute atomic E-state index is 0.0207. The lowest BCUT2D eigenvalue weighted by molar-refractivity contribution is -0.130. The first kappa shape index (κ1) is 65.2. The second-order valence-corrected chi connectivity index (χ2v) is 21.0. The second kappa shape index (κ2) is 28.1. The quantitative estimate of drug-likeness (QED) is 0.0282. The molecule has 10 rings (SSSR count). The number of esters is 4. The third kappa shape index (κ3) is 15.4. The first-order valence-electron chi connectivity index (χ1n) is 28.2. The lowest BCUT2D eigenvalue weighted by Crippen LogP contribution is -2.23. The molecule has 0 atom stereocenters. The zero-order chi connectivity index (χ0) is 66.9. The number of benzene rings is 8. The molecule has 0 aliphatic heterocycles. The van der Waals surface area contributed by atoms with Gasteiger partial charge in [-0.2, -0.15) is 0 Å². The Labute approximate surface area is 528 Å². The summed E-state index contributed by atoms with van der Waals surface area (Å²) in [5.41, 5.74) is 0.205. The van der Waals surface area contributed by atoms with E-state index in [1.54, 1.807) is 105 Å². The van der Waals surface area contributed by atoms with Crippen molar-refractivity contribution < 1.29 is 70.6 Å². The second-order valence-electron chi connectivity index (χ2n) is 21.0. The van der Waals surface area contributed by atoms with Crippen molar-refractivity contribution in [3.8, 4) is 85.8 Å². The van der Waals surface area contributed by atoms with Crippen LogP contribution in [-0.4, -0.2) is 46.2 Å². The maximum Gasteiger partial charge on any atom is 0.338 e. The van der Waals surface area contributed by atoms with E-state index in [9.17, 15) is 47.1 Å². The van der Waals surface area contributed by atoms with Crippen LogP contribution in [0.15, 0.2) is 226 Å². The molecule has 0 radical (unpaired) electrons. The number of halogens is 2. The number of rotatable bonds is 21. The summed E-state index contributed by atoms with van der Waals surface area (Å²) in [6, 6.07) is 39.5. The van der Waals surface area contributed by atoms with Gasteiger partial charge in [-0.25, -0.2) is 32.5 Å². The number of aryl methyl sites for hydroxylation is 1. The largest absolute Gasteiger partial charge is 0.490 e. The maximum absolute atomic E-state index is 14.6. The molecule has 0 fully saturated rings. The van der Waals surface area contributed by atoms with Crippen LogP contribution in [0.25, 0.3) is 38.4 Å². The van der Waals surface area contributed by atoms with E-state index in [0.717, 1.165) is 26.8 Å². The van der Waals surface area contributed by atoms with Gasteiger partial charge in [0.25, 0.3) is 22.2 Å². The standard InChI is InChI=1S/C44H32N2O11.C28H24F2O6/c1-23(2)43(51)56-29-14-10-27(11-15-29)53-37-20-31(9-7-25(37)5)55-36-18-8-26(19-38(36)54-28-12-16-30(17-13-28)57-44(52)24(3)4)46-41(49)34-21-32-33(22-35(34)42(46)50)40(48)45(6)39(32)47;1-17(2)27(31)35-22-7-5-19(6-8-22)20-15-24(29)26(25(30)16-20)34-14-13-33-21-9-11-23(12-10-21)36-28(32)18(3)4/h7-22H,1,3H2,2,4-6H3;5-12,15-16H,1,3,13-14H2,2,4H3. The fourth-order valence-corrected chi connectivity index (χ4v) is 8.68. The SMILES string of the molecule is C=C(C)C(=O)Oc1ccc(OCCOc2c(F)cc(-c3ccc(OC(=O)C(=C)C)cc3)cc2F)cc1.C=C(C)C(=O)Oc1ccc(Oc2cc(Oc3ccc(-n4c(=O)c5cc6c(=O)n(C)c(=O)c6cc5c4=O)cc3Oc3ccc(OC(=O)C(=C)C)cc3)ccc2C)cc1. The summed E-state index contributed by atoms with van der Waals surface area (Å²) in [7, 11) is 1.33. The van der Waals surface area contributed by atoms with Gasteiger partial charge in [0.1, 0.15) is 65.0 Å². The maximum atomic E-state index is 14.6. The van der Waals surface area contributed by atoms with E-state index < -0.39 is 63.5 Å². The van der Waals surface area contributed by atoms with E-state index in [-0.39, 0.29) is 91.5 Å². The number of hydrogen-bond acceptors (Lipinski definition) is 17. The van der Waals surface area contributed by atoms with Crippen LogP contribution < -0.4 is 64.9 Å². The Balaban J connectivity index is 0.000000244. The third-order valence-electron chi connectivity index (χ3n) is 13.6. The first-order chi connectivity index (χ1) is 44.3. The number of hydrogen-bond donors (Lipinski definition) is 0. The van der Waals surface area contributed by atoms with E-state index in [2.05, 4.69) is 26.3 Å². The van der Waals surface area contributed by atoms with Gasteiger partial charge in [0.05, 0.1) is 27.2 Å². The smallest absolute Gasteiger partial charge is 0.338 e. The lowest BCUT2D eigenvalue weighted by atomic mass is 10.0. The van der Waals surface area contributed by atoms with E-state index >= 15 is 0 Å². The Morgan fingerprint density at radius 1 is 0.387 bits per heavy atom. The van der Waals surface area contributed by atoms with Crippen LogP contribution in [0.3, 0.4) is 0 Å². The normalized spacial score (nSPS) is 10.8. The number of fused-ring (bicyclic) bond motifs is 2. The highest BCUT2D eigenvalue weighted by Gasteiger charge is 2.22. The summed E-state index contributed by atoms with van der Waals surface area (Å²) >= 11 is 0. The van der Waals surface area contributed by atoms with Crippen LogP contribution in [0, 0.1) is 18.6 Å². The van der Waals surface area contributed by atoms with Gasteiger partial charge in [-0.15, -0.1) is 0 Å². The molecule has 93 heavy (non-hydrogen) atoms. The summed E-state index contributed by atoms with van der Waals surface area (Å²) in [6.07, 6.45) is 0. The van der Waals surface area contributed by atoms with Gasteiger partial charge < -0.3 is 42.6 Å². The van der Waals surface area contributed by atoms with Crippen molar-refractivity contribution in [2.24, 2.45) is 7.05 Å². The highest BCUT2D eigenvalue weighted by molar-refractivity contribution is 5.98. The van der Waals surface area contributed by atoms with Gasteiger partial charge in [0.2, 0.25) is 0 Å². The molecule has 10 aromatic rings. The van der Waals surface area contributed by atoms with Crippen LogP contribution >= 0.6 is 0 Å². The number of carbonyl (C=O) groups is 4. The van der Waals surface area contributed by atoms with Crippen molar-refractivity contribution in [2.75, 3.05) is 13.2 Å². The predicted molar refractivity (Wildman–Crippen MR) is 343 cm³/mol. The highest BCUT2D eigenvalue weighted by atomic mass is 19.1. The molecule has 2 aromatic heterocycles. The zero-order valence-corrected chi connectivity index (χ0v) is 50.8. The van der Waals surface area contributed by atoms with Crippen LogP contribution in [0.2, 0.25) is 0 Å². The summed E-state index contributed by atoms with van der Waals surface area (Å²) in [6.45, 7) is 22.1. The number of ether oxygens (including phenoxy) is 9. The molecule has 0 aliphatic rings. The number of carbonyl (C=O) groups excluding carboxylic acids is 4. The summed E-state index contributed by atoms with van der Waals surface area (Å²) < 4.78 is 81.1. The molecule has 0 aliphatic carbocycles. The number of nitrogens with zero attached hydrogens (tertiary/aromatic N) is 2.